The summed E-state index contributed by atoms with van der Waals surface area (Å²) >= 11 is 0. The number of anilines is 1. The van der Waals surface area contributed by atoms with Crippen molar-refractivity contribution in [2.45, 2.75) is 37.8 Å². The molecule has 23 heavy (non-hydrogen) atoms. The maximum Gasteiger partial charge on any atom is 0.247 e. The van der Waals surface area contributed by atoms with E-state index in [1.807, 2.05) is 6.92 Å². The predicted molar refractivity (Wildman–Crippen MR) is 80.5 cm³/mol. The van der Waals surface area contributed by atoms with Crippen LogP contribution in [0.25, 0.3) is 11.2 Å². The fourth-order valence-electron chi connectivity index (χ4n) is 2.76. The van der Waals surface area contributed by atoms with Gasteiger partial charge in [-0.2, -0.15) is 9.97 Å². The lowest BCUT2D eigenvalue weighted by Crippen LogP contribution is -2.52. The third-order valence-corrected chi connectivity index (χ3v) is 3.95. The Bertz CT molecular complexity index is 718. The van der Waals surface area contributed by atoms with Gasteiger partial charge in [0.25, 0.3) is 0 Å². The predicted octanol–water partition coefficient (Wildman–Crippen LogP) is -1.22. The Hall–Kier alpha value is -2.01. The molecule has 6 N–H and O–H groups in total. The average Bonchev–Trinajstić information content (AvgIpc) is 3.00. The number of aliphatic hydroxyl groups excluding tert-OH is 2. The van der Waals surface area contributed by atoms with E-state index >= 15 is 0 Å². The number of nitrogens with two attached hydrogens (primary N) is 2. The van der Waals surface area contributed by atoms with Gasteiger partial charge in [0.05, 0.1) is 25.1 Å². The molecule has 0 aromatic carbocycles. The first-order chi connectivity index (χ1) is 10.9. The topological polar surface area (TPSA) is 155 Å². The summed E-state index contributed by atoms with van der Waals surface area (Å²) in [6, 6.07) is 0. The number of rotatable bonds is 4. The quantitative estimate of drug-likeness (QED) is 0.541. The van der Waals surface area contributed by atoms with Crippen LogP contribution in [0.1, 0.15) is 20.1 Å². The molecule has 10 heteroatoms. The highest BCUT2D eigenvalue weighted by Gasteiger charge is 2.51. The molecule has 3 rings (SSSR count). The lowest BCUT2D eigenvalue weighted by Gasteiger charge is -2.28. The Balaban J connectivity index is 2.10. The lowest BCUT2D eigenvalue weighted by atomic mass is 9.93. The van der Waals surface area contributed by atoms with Crippen LogP contribution in [0.15, 0.2) is 6.33 Å². The van der Waals surface area contributed by atoms with Crippen LogP contribution in [0.2, 0.25) is 0 Å². The fourth-order valence-corrected chi connectivity index (χ4v) is 2.76. The van der Waals surface area contributed by atoms with Crippen LogP contribution in [0.5, 0.6) is 5.88 Å². The third kappa shape index (κ3) is 2.39. The van der Waals surface area contributed by atoms with Crippen LogP contribution < -0.4 is 16.2 Å². The maximum atomic E-state index is 10.2. The molecule has 10 nitrogen and oxygen atoms in total. The summed E-state index contributed by atoms with van der Waals surface area (Å²) in [6.45, 7) is 3.51. The molecule has 1 fully saturated rings. The number of fused-ring (bicyclic) bond motifs is 1. The summed E-state index contributed by atoms with van der Waals surface area (Å²) in [6.07, 6.45) is -1.13. The van der Waals surface area contributed by atoms with Crippen molar-refractivity contribution in [2.24, 2.45) is 5.73 Å². The van der Waals surface area contributed by atoms with E-state index in [9.17, 15) is 10.2 Å². The molecule has 0 spiro atoms. The largest absolute Gasteiger partial charge is 0.476 e. The molecule has 4 atom stereocenters. The van der Waals surface area contributed by atoms with Gasteiger partial charge < -0.3 is 31.2 Å². The van der Waals surface area contributed by atoms with Crippen molar-refractivity contribution < 1.29 is 19.7 Å². The van der Waals surface area contributed by atoms with Crippen LogP contribution in [0.3, 0.4) is 0 Å². The van der Waals surface area contributed by atoms with Gasteiger partial charge in [0.15, 0.2) is 17.4 Å². The van der Waals surface area contributed by atoms with E-state index in [0.29, 0.717) is 17.8 Å². The minimum atomic E-state index is -1.15. The van der Waals surface area contributed by atoms with Crippen LogP contribution in [-0.2, 0) is 4.74 Å². The van der Waals surface area contributed by atoms with Gasteiger partial charge in [0, 0.05) is 0 Å². The zero-order valence-electron chi connectivity index (χ0n) is 12.9. The van der Waals surface area contributed by atoms with Crippen molar-refractivity contribution in [1.82, 2.24) is 19.5 Å². The molecule has 1 saturated heterocycles. The van der Waals surface area contributed by atoms with Crippen molar-refractivity contribution in [3.63, 3.8) is 0 Å². The van der Waals surface area contributed by atoms with Crippen molar-refractivity contribution in [3.05, 3.63) is 6.33 Å². The first-order valence-electron chi connectivity index (χ1n) is 7.26. The van der Waals surface area contributed by atoms with E-state index in [2.05, 4.69) is 15.0 Å². The standard InChI is InChI=1S/C13H20N6O4/c1-3-22-10-7-9(17-12(14)18-10)19(5-16-7)11-13(2,15)8(21)6(4-20)23-11/h5-6,8,11,20-21H,3-4,15H2,1-2H3,(H2,14,17,18)/t6-,8-,11-,13-/m1/s1. The van der Waals surface area contributed by atoms with E-state index in [1.54, 1.807) is 11.5 Å². The lowest BCUT2D eigenvalue weighted by molar-refractivity contribution is -0.0455. The molecule has 2 aromatic heterocycles. The van der Waals surface area contributed by atoms with Gasteiger partial charge in [-0.3, -0.25) is 4.57 Å². The first-order valence-corrected chi connectivity index (χ1v) is 7.26. The number of imidazole rings is 1. The van der Waals surface area contributed by atoms with Gasteiger partial charge in [0.2, 0.25) is 11.8 Å². The molecule has 0 aliphatic carbocycles. The zero-order chi connectivity index (χ0) is 16.8. The van der Waals surface area contributed by atoms with Gasteiger partial charge in [0.1, 0.15) is 12.2 Å². The summed E-state index contributed by atoms with van der Waals surface area (Å²) in [5.41, 5.74) is 11.6. The molecule has 0 saturated carbocycles. The second kappa shape index (κ2) is 5.57. The van der Waals surface area contributed by atoms with Gasteiger partial charge in [-0.1, -0.05) is 0 Å². The molecular formula is C13H20N6O4. The Morgan fingerprint density at radius 1 is 1.48 bits per heavy atom. The number of nitrogens with zero attached hydrogens (tertiary/aromatic N) is 4. The van der Waals surface area contributed by atoms with E-state index in [-0.39, 0.29) is 18.4 Å². The molecule has 2 aromatic rings. The van der Waals surface area contributed by atoms with Crippen LogP contribution in [0, 0.1) is 0 Å². The molecule has 0 unspecified atom stereocenters. The van der Waals surface area contributed by atoms with Gasteiger partial charge in [-0.15, -0.1) is 0 Å². The second-order valence-electron chi connectivity index (χ2n) is 5.66. The highest BCUT2D eigenvalue weighted by Crippen LogP contribution is 2.38. The highest BCUT2D eigenvalue weighted by atomic mass is 16.5. The number of aliphatic hydroxyl groups is 2. The van der Waals surface area contributed by atoms with E-state index in [1.165, 1.54) is 6.33 Å². The molecule has 0 amide bonds. The number of ether oxygens (including phenoxy) is 2. The van der Waals surface area contributed by atoms with Gasteiger partial charge >= 0.3 is 0 Å². The van der Waals surface area contributed by atoms with Crippen molar-refractivity contribution in [2.75, 3.05) is 18.9 Å². The summed E-state index contributed by atoms with van der Waals surface area (Å²) in [4.78, 5) is 12.4. The second-order valence-corrected chi connectivity index (χ2v) is 5.66. The fraction of sp³-hybridized carbons (Fsp3) is 0.615. The Morgan fingerprint density at radius 3 is 2.83 bits per heavy atom. The Kier molecular flexibility index (Phi) is 3.84. The molecule has 3 heterocycles. The molecule has 126 valence electrons. The SMILES string of the molecule is CCOc1nc(N)nc2c1ncn2[C@@H]1O[C@H](CO)[C@@H](O)[C@@]1(C)N. The zero-order valence-corrected chi connectivity index (χ0v) is 12.9. The average molecular weight is 324 g/mol. The van der Waals surface area contributed by atoms with Crippen molar-refractivity contribution in [1.29, 1.82) is 0 Å². The van der Waals surface area contributed by atoms with Crippen LogP contribution in [-0.4, -0.2) is 60.7 Å². The number of aromatic nitrogens is 4. The number of hydrogen-bond acceptors (Lipinski definition) is 9. The van der Waals surface area contributed by atoms with E-state index in [4.69, 9.17) is 20.9 Å². The van der Waals surface area contributed by atoms with Crippen molar-refractivity contribution >= 4 is 17.1 Å². The van der Waals surface area contributed by atoms with Crippen LogP contribution in [0.4, 0.5) is 5.95 Å². The molecule has 0 bridgehead atoms. The monoisotopic (exact) mass is 324 g/mol. The minimum absolute atomic E-state index is 0.0266. The number of hydrogen-bond donors (Lipinski definition) is 4. The molecule has 0 radical (unpaired) electrons. The smallest absolute Gasteiger partial charge is 0.247 e. The number of nitrogen functional groups attached to an aromatic ring is 1. The molecule has 1 aliphatic rings. The highest BCUT2D eigenvalue weighted by molar-refractivity contribution is 5.77. The van der Waals surface area contributed by atoms with E-state index < -0.39 is 24.0 Å². The van der Waals surface area contributed by atoms with Gasteiger partial charge in [-0.05, 0) is 13.8 Å². The molecule has 1 aliphatic heterocycles. The Morgan fingerprint density at radius 2 is 2.22 bits per heavy atom. The maximum absolute atomic E-state index is 10.2. The summed E-state index contributed by atoms with van der Waals surface area (Å²) in [5.74, 6) is 0.295. The van der Waals surface area contributed by atoms with Crippen molar-refractivity contribution in [3.8, 4) is 5.88 Å². The van der Waals surface area contributed by atoms with E-state index in [0.717, 1.165) is 0 Å². The first kappa shape index (κ1) is 15.9. The summed E-state index contributed by atoms with van der Waals surface area (Å²) in [7, 11) is 0. The third-order valence-electron chi connectivity index (χ3n) is 3.95. The molecular weight excluding hydrogens is 304 g/mol. The Labute approximate surface area is 132 Å². The summed E-state index contributed by atoms with van der Waals surface area (Å²) in [5, 5.41) is 19.5. The van der Waals surface area contributed by atoms with Crippen LogP contribution >= 0.6 is 0 Å². The summed E-state index contributed by atoms with van der Waals surface area (Å²) < 4.78 is 12.7. The normalized spacial score (nSPS) is 30.9. The minimum Gasteiger partial charge on any atom is -0.476 e. The van der Waals surface area contributed by atoms with Gasteiger partial charge in [-0.25, -0.2) is 4.98 Å².